The van der Waals surface area contributed by atoms with E-state index in [4.69, 9.17) is 13.9 Å². The number of nitro benzene ring substituents is 1. The number of rotatable bonds is 5. The molecule has 2 heterocycles. The van der Waals surface area contributed by atoms with Crippen molar-refractivity contribution in [3.8, 4) is 5.75 Å². The van der Waals surface area contributed by atoms with E-state index < -0.39 is 10.9 Å². The molecule has 1 aliphatic heterocycles. The summed E-state index contributed by atoms with van der Waals surface area (Å²) in [5.74, 6) is 1.94. The lowest BCUT2D eigenvalue weighted by atomic mass is 10.2. The van der Waals surface area contributed by atoms with E-state index in [-0.39, 0.29) is 23.0 Å². The molecule has 0 N–H and O–H groups in total. The first-order valence-corrected chi connectivity index (χ1v) is 8.41. The van der Waals surface area contributed by atoms with Gasteiger partial charge >= 0.3 is 11.7 Å². The summed E-state index contributed by atoms with van der Waals surface area (Å²) in [6, 6.07) is 7.92. The van der Waals surface area contributed by atoms with E-state index in [1.807, 2.05) is 6.07 Å². The van der Waals surface area contributed by atoms with Gasteiger partial charge in [-0.05, 0) is 36.6 Å². The number of hydrogen-bond acceptors (Lipinski definition) is 7. The molecule has 0 amide bonds. The minimum Gasteiger partial charge on any atom is -0.490 e. The van der Waals surface area contributed by atoms with Crippen LogP contribution in [-0.2, 0) is 9.53 Å². The highest BCUT2D eigenvalue weighted by Crippen LogP contribution is 2.47. The standard InChI is InChI=1S/C19H16N2O6/c1-10-7-13(10)16-6-4-12(26-16)9-14-19(22)27-18(20-14)11-3-5-17(25-2)15(8-11)21(23)24/h3-6,8-10,13H,7H2,1-2H3/b14-9+/t10-,13+/m1/s1. The second kappa shape index (κ2) is 6.39. The first-order chi connectivity index (χ1) is 13.0. The lowest BCUT2D eigenvalue weighted by molar-refractivity contribution is -0.385. The van der Waals surface area contributed by atoms with Gasteiger partial charge in [0, 0.05) is 23.6 Å². The highest BCUT2D eigenvalue weighted by molar-refractivity contribution is 6.13. The summed E-state index contributed by atoms with van der Waals surface area (Å²) >= 11 is 0. The third-order valence-electron chi connectivity index (χ3n) is 4.64. The molecule has 1 aromatic heterocycles. The molecule has 1 aromatic carbocycles. The van der Waals surface area contributed by atoms with Crippen molar-refractivity contribution in [2.45, 2.75) is 19.3 Å². The number of ether oxygens (including phenoxy) is 2. The Kier molecular flexibility index (Phi) is 4.02. The van der Waals surface area contributed by atoms with E-state index in [0.29, 0.717) is 23.2 Å². The second-order valence-corrected chi connectivity index (χ2v) is 6.54. The Hall–Kier alpha value is -3.42. The second-order valence-electron chi connectivity index (χ2n) is 6.54. The van der Waals surface area contributed by atoms with Gasteiger partial charge in [0.1, 0.15) is 11.5 Å². The zero-order chi connectivity index (χ0) is 19.1. The molecular weight excluding hydrogens is 352 g/mol. The maximum absolute atomic E-state index is 12.1. The number of nitro groups is 1. The third kappa shape index (κ3) is 3.21. The van der Waals surface area contributed by atoms with Crippen LogP contribution in [0.3, 0.4) is 0 Å². The van der Waals surface area contributed by atoms with Crippen LogP contribution in [-0.4, -0.2) is 23.9 Å². The van der Waals surface area contributed by atoms with Crippen molar-refractivity contribution in [3.63, 3.8) is 0 Å². The molecule has 8 nitrogen and oxygen atoms in total. The molecule has 1 aliphatic carbocycles. The number of hydrogen-bond donors (Lipinski definition) is 0. The van der Waals surface area contributed by atoms with Crippen LogP contribution in [0.1, 0.15) is 36.3 Å². The predicted octanol–water partition coefficient (Wildman–Crippen LogP) is 3.66. The number of methoxy groups -OCH3 is 1. The van der Waals surface area contributed by atoms with Crippen LogP contribution < -0.4 is 4.74 Å². The van der Waals surface area contributed by atoms with Crippen LogP contribution in [0.5, 0.6) is 5.75 Å². The van der Waals surface area contributed by atoms with Gasteiger partial charge in [-0.15, -0.1) is 0 Å². The molecule has 8 heteroatoms. The van der Waals surface area contributed by atoms with Gasteiger partial charge in [0.05, 0.1) is 12.0 Å². The molecule has 0 saturated heterocycles. The summed E-state index contributed by atoms with van der Waals surface area (Å²) in [7, 11) is 1.34. The van der Waals surface area contributed by atoms with Crippen LogP contribution in [0.4, 0.5) is 5.69 Å². The van der Waals surface area contributed by atoms with Gasteiger partial charge in [-0.25, -0.2) is 9.79 Å². The van der Waals surface area contributed by atoms with E-state index >= 15 is 0 Å². The summed E-state index contributed by atoms with van der Waals surface area (Å²) < 4.78 is 15.9. The number of esters is 1. The van der Waals surface area contributed by atoms with Crippen molar-refractivity contribution < 1.29 is 23.6 Å². The lowest BCUT2D eigenvalue weighted by Gasteiger charge is -2.03. The van der Waals surface area contributed by atoms with Crippen molar-refractivity contribution >= 4 is 23.6 Å². The van der Waals surface area contributed by atoms with Crippen LogP contribution in [0, 0.1) is 16.0 Å². The molecule has 4 rings (SSSR count). The molecule has 2 aliphatic rings. The van der Waals surface area contributed by atoms with Gasteiger partial charge in [0.15, 0.2) is 11.4 Å². The SMILES string of the molecule is COc1ccc(C2=N/C(=C/c3ccc([C@H]4C[C@H]4C)o3)C(=O)O2)cc1[N+](=O)[O-]. The summed E-state index contributed by atoms with van der Waals surface area (Å²) in [4.78, 5) is 26.8. The molecule has 0 radical (unpaired) electrons. The van der Waals surface area contributed by atoms with Crippen LogP contribution in [0.25, 0.3) is 6.08 Å². The summed E-state index contributed by atoms with van der Waals surface area (Å²) in [6.07, 6.45) is 2.61. The number of aliphatic imine (C=N–C) groups is 1. The average Bonchev–Trinajstić information content (AvgIpc) is 3.04. The van der Waals surface area contributed by atoms with Crippen LogP contribution in [0.15, 0.2) is 45.4 Å². The number of furan rings is 1. The Bertz CT molecular complexity index is 1000. The van der Waals surface area contributed by atoms with Gasteiger partial charge in [-0.1, -0.05) is 6.92 Å². The molecule has 2 aromatic rings. The van der Waals surface area contributed by atoms with Gasteiger partial charge in [-0.3, -0.25) is 10.1 Å². The molecule has 2 atom stereocenters. The summed E-state index contributed by atoms with van der Waals surface area (Å²) in [6.45, 7) is 2.16. The zero-order valence-corrected chi connectivity index (χ0v) is 14.7. The third-order valence-corrected chi connectivity index (χ3v) is 4.64. The Labute approximate surface area is 154 Å². The maximum Gasteiger partial charge on any atom is 0.363 e. The minimum absolute atomic E-state index is 0.000372. The topological polar surface area (TPSA) is 104 Å². The summed E-state index contributed by atoms with van der Waals surface area (Å²) in [5, 5.41) is 11.2. The van der Waals surface area contributed by atoms with E-state index in [9.17, 15) is 14.9 Å². The van der Waals surface area contributed by atoms with Crippen molar-refractivity contribution in [1.82, 2.24) is 0 Å². The van der Waals surface area contributed by atoms with E-state index in [0.717, 1.165) is 12.2 Å². The Morgan fingerprint density at radius 1 is 1.33 bits per heavy atom. The first-order valence-electron chi connectivity index (χ1n) is 8.41. The van der Waals surface area contributed by atoms with Crippen LogP contribution in [0.2, 0.25) is 0 Å². The Balaban J connectivity index is 1.62. The molecule has 0 spiro atoms. The highest BCUT2D eigenvalue weighted by Gasteiger charge is 2.36. The first kappa shape index (κ1) is 17.0. The van der Waals surface area contributed by atoms with Gasteiger partial charge < -0.3 is 13.9 Å². The fraction of sp³-hybridized carbons (Fsp3) is 0.263. The minimum atomic E-state index is -0.638. The van der Waals surface area contributed by atoms with Gasteiger partial charge in [0.2, 0.25) is 5.90 Å². The largest absolute Gasteiger partial charge is 0.490 e. The highest BCUT2D eigenvalue weighted by atomic mass is 16.6. The van der Waals surface area contributed by atoms with Gasteiger partial charge in [-0.2, -0.15) is 0 Å². The monoisotopic (exact) mass is 368 g/mol. The number of carbonyl (C=O) groups excluding carboxylic acids is 1. The number of cyclic esters (lactones) is 1. The molecular formula is C19H16N2O6. The fourth-order valence-electron chi connectivity index (χ4n) is 3.00. The molecule has 0 unspecified atom stereocenters. The molecule has 138 valence electrons. The maximum atomic E-state index is 12.1. The van der Waals surface area contributed by atoms with Gasteiger partial charge in [0.25, 0.3) is 0 Å². The van der Waals surface area contributed by atoms with Crippen LogP contribution >= 0.6 is 0 Å². The normalized spacial score (nSPS) is 22.5. The van der Waals surface area contributed by atoms with Crippen molar-refractivity contribution in [3.05, 3.63) is 63.2 Å². The van der Waals surface area contributed by atoms with E-state index in [1.165, 1.54) is 25.3 Å². The quantitative estimate of drug-likeness (QED) is 0.345. The zero-order valence-electron chi connectivity index (χ0n) is 14.7. The smallest absolute Gasteiger partial charge is 0.363 e. The molecule has 1 fully saturated rings. The number of carbonyl (C=O) groups is 1. The Morgan fingerprint density at radius 3 is 2.78 bits per heavy atom. The number of benzene rings is 1. The van der Waals surface area contributed by atoms with E-state index in [2.05, 4.69) is 11.9 Å². The van der Waals surface area contributed by atoms with Crippen molar-refractivity contribution in [2.75, 3.05) is 7.11 Å². The molecule has 0 bridgehead atoms. The van der Waals surface area contributed by atoms with E-state index in [1.54, 1.807) is 12.1 Å². The fourth-order valence-corrected chi connectivity index (χ4v) is 3.00. The molecule has 1 saturated carbocycles. The lowest BCUT2D eigenvalue weighted by Crippen LogP contribution is -2.06. The summed E-state index contributed by atoms with van der Waals surface area (Å²) in [5.41, 5.74) is 0.153. The molecule has 27 heavy (non-hydrogen) atoms. The Morgan fingerprint density at radius 2 is 2.11 bits per heavy atom. The van der Waals surface area contributed by atoms with Crippen molar-refractivity contribution in [2.24, 2.45) is 10.9 Å². The van der Waals surface area contributed by atoms with Crippen molar-refractivity contribution in [1.29, 1.82) is 0 Å². The number of nitrogens with zero attached hydrogens (tertiary/aromatic N) is 2. The average molecular weight is 368 g/mol. The predicted molar refractivity (Wildman–Crippen MR) is 95.5 cm³/mol.